The number of nitrogens with zero attached hydrogens (tertiary/aromatic N) is 1. The van der Waals surface area contributed by atoms with Gasteiger partial charge in [0, 0.05) is 37.3 Å². The van der Waals surface area contributed by atoms with Crippen molar-refractivity contribution in [3.8, 4) is 17.2 Å². The Balaban J connectivity index is 2.36. The van der Waals surface area contributed by atoms with Gasteiger partial charge >= 0.3 is 0 Å². The number of carbonyl (C=O) groups is 1. The fraction of sp³-hybridized carbons (Fsp3) is 0.562. The molecule has 1 heterocycles. The van der Waals surface area contributed by atoms with Gasteiger partial charge in [-0.1, -0.05) is 0 Å². The Morgan fingerprint density at radius 2 is 1.68 bits per heavy atom. The molecule has 1 aromatic carbocycles. The molecule has 122 valence electrons. The summed E-state index contributed by atoms with van der Waals surface area (Å²) in [6, 6.07) is 3.36. The quantitative estimate of drug-likeness (QED) is 0.914. The largest absolute Gasteiger partial charge is 0.496 e. The number of amides is 1. The number of methoxy groups -OCH3 is 3. The molecule has 2 rings (SSSR count). The van der Waals surface area contributed by atoms with Crippen LogP contribution in [-0.2, 0) is 0 Å². The lowest BCUT2D eigenvalue weighted by molar-refractivity contribution is 0.0648. The summed E-state index contributed by atoms with van der Waals surface area (Å²) < 4.78 is 15.9. The van der Waals surface area contributed by atoms with Crippen molar-refractivity contribution in [1.29, 1.82) is 0 Å². The second kappa shape index (κ2) is 6.44. The van der Waals surface area contributed by atoms with E-state index in [0.717, 1.165) is 6.54 Å². The summed E-state index contributed by atoms with van der Waals surface area (Å²) >= 11 is 0. The Morgan fingerprint density at radius 3 is 2.23 bits per heavy atom. The lowest BCUT2D eigenvalue weighted by atomic mass is 10.0. The van der Waals surface area contributed by atoms with E-state index in [-0.39, 0.29) is 11.4 Å². The molecule has 0 unspecified atom stereocenters. The number of carbonyl (C=O) groups excluding carboxylic acids is 1. The van der Waals surface area contributed by atoms with E-state index >= 15 is 0 Å². The van der Waals surface area contributed by atoms with Gasteiger partial charge in [-0.2, -0.15) is 0 Å². The van der Waals surface area contributed by atoms with Crippen LogP contribution in [0, 0.1) is 0 Å². The van der Waals surface area contributed by atoms with Gasteiger partial charge in [0.25, 0.3) is 5.91 Å². The highest BCUT2D eigenvalue weighted by molar-refractivity contribution is 5.98. The van der Waals surface area contributed by atoms with Crippen molar-refractivity contribution in [3.05, 3.63) is 17.7 Å². The van der Waals surface area contributed by atoms with E-state index in [4.69, 9.17) is 14.2 Å². The van der Waals surface area contributed by atoms with Crippen molar-refractivity contribution < 1.29 is 19.0 Å². The highest BCUT2D eigenvalue weighted by Crippen LogP contribution is 2.35. The number of hydrogen-bond donors (Lipinski definition) is 1. The van der Waals surface area contributed by atoms with Gasteiger partial charge in [-0.05, 0) is 13.8 Å². The van der Waals surface area contributed by atoms with Gasteiger partial charge < -0.3 is 24.4 Å². The van der Waals surface area contributed by atoms with Gasteiger partial charge in [0.15, 0.2) is 11.5 Å². The number of nitrogens with one attached hydrogen (secondary N) is 1. The lowest BCUT2D eigenvalue weighted by Gasteiger charge is -2.39. The third kappa shape index (κ3) is 3.27. The molecule has 0 saturated carbocycles. The molecule has 6 heteroatoms. The lowest BCUT2D eigenvalue weighted by Crippen LogP contribution is -2.58. The molecule has 6 nitrogen and oxygen atoms in total. The number of benzene rings is 1. The molecule has 22 heavy (non-hydrogen) atoms. The maximum atomic E-state index is 12.9. The average Bonchev–Trinajstić information content (AvgIpc) is 2.51. The highest BCUT2D eigenvalue weighted by atomic mass is 16.5. The van der Waals surface area contributed by atoms with E-state index in [0.29, 0.717) is 35.9 Å². The predicted molar refractivity (Wildman–Crippen MR) is 84.1 cm³/mol. The third-order valence-corrected chi connectivity index (χ3v) is 3.79. The number of ether oxygens (including phenoxy) is 3. The van der Waals surface area contributed by atoms with Gasteiger partial charge in [-0.15, -0.1) is 0 Å². The van der Waals surface area contributed by atoms with Crippen LogP contribution in [0.2, 0.25) is 0 Å². The smallest absolute Gasteiger partial charge is 0.257 e. The summed E-state index contributed by atoms with van der Waals surface area (Å²) in [6.45, 7) is 6.24. The van der Waals surface area contributed by atoms with Gasteiger partial charge in [0.2, 0.25) is 0 Å². The second-order valence-corrected chi connectivity index (χ2v) is 5.94. The number of hydrogen-bond acceptors (Lipinski definition) is 5. The second-order valence-electron chi connectivity index (χ2n) is 5.94. The minimum atomic E-state index is -0.0995. The minimum Gasteiger partial charge on any atom is -0.496 e. The first-order valence-electron chi connectivity index (χ1n) is 7.26. The number of piperazine rings is 1. The van der Waals surface area contributed by atoms with Gasteiger partial charge in [-0.3, -0.25) is 4.79 Å². The van der Waals surface area contributed by atoms with E-state index in [9.17, 15) is 4.79 Å². The third-order valence-electron chi connectivity index (χ3n) is 3.79. The zero-order valence-corrected chi connectivity index (χ0v) is 13.9. The maximum absolute atomic E-state index is 12.9. The van der Waals surface area contributed by atoms with Crippen LogP contribution in [0.4, 0.5) is 0 Å². The van der Waals surface area contributed by atoms with Crippen molar-refractivity contribution in [2.45, 2.75) is 19.4 Å². The molecule has 0 spiro atoms. The highest BCUT2D eigenvalue weighted by Gasteiger charge is 2.31. The van der Waals surface area contributed by atoms with Gasteiger partial charge in [0.1, 0.15) is 5.75 Å². The fourth-order valence-corrected chi connectivity index (χ4v) is 2.68. The summed E-state index contributed by atoms with van der Waals surface area (Å²) in [4.78, 5) is 14.7. The average molecular weight is 308 g/mol. The maximum Gasteiger partial charge on any atom is 0.257 e. The molecular weight excluding hydrogens is 284 g/mol. The summed E-state index contributed by atoms with van der Waals surface area (Å²) in [5.74, 6) is 1.48. The van der Waals surface area contributed by atoms with Crippen molar-refractivity contribution in [2.75, 3.05) is 41.0 Å². The first-order valence-corrected chi connectivity index (χ1v) is 7.26. The Bertz CT molecular complexity index is 557. The van der Waals surface area contributed by atoms with Crippen LogP contribution in [-0.4, -0.2) is 57.3 Å². The molecule has 1 aliphatic rings. The Labute approximate surface area is 131 Å². The first kappa shape index (κ1) is 16.4. The summed E-state index contributed by atoms with van der Waals surface area (Å²) in [5.41, 5.74) is 0.385. The fourth-order valence-electron chi connectivity index (χ4n) is 2.68. The van der Waals surface area contributed by atoms with E-state index in [1.165, 1.54) is 0 Å². The predicted octanol–water partition coefficient (Wildman–Crippen LogP) is 1.54. The zero-order chi connectivity index (χ0) is 16.3. The van der Waals surface area contributed by atoms with Crippen molar-refractivity contribution in [1.82, 2.24) is 10.2 Å². The molecule has 0 atom stereocenters. The molecule has 0 aromatic heterocycles. The Hall–Kier alpha value is -1.95. The minimum absolute atomic E-state index is 0.0626. The molecule has 1 aromatic rings. The first-order chi connectivity index (χ1) is 10.4. The molecule has 0 bridgehead atoms. The summed E-state index contributed by atoms with van der Waals surface area (Å²) in [5, 5.41) is 3.39. The SMILES string of the molecule is COc1cc(OC)c(C(=O)N2CCNC(C)(C)C2)cc1OC. The van der Waals surface area contributed by atoms with E-state index in [1.807, 2.05) is 4.90 Å². The summed E-state index contributed by atoms with van der Waals surface area (Å²) in [7, 11) is 4.64. The van der Waals surface area contributed by atoms with Crippen LogP contribution in [0.5, 0.6) is 17.2 Å². The van der Waals surface area contributed by atoms with Gasteiger partial charge in [0.05, 0.1) is 26.9 Å². The Kier molecular flexibility index (Phi) is 4.81. The molecule has 0 radical (unpaired) electrons. The van der Waals surface area contributed by atoms with Crippen molar-refractivity contribution in [2.24, 2.45) is 0 Å². The molecule has 1 N–H and O–H groups in total. The van der Waals surface area contributed by atoms with E-state index < -0.39 is 0 Å². The molecule has 1 aliphatic heterocycles. The van der Waals surface area contributed by atoms with Crippen LogP contribution in [0.3, 0.4) is 0 Å². The normalized spacial score (nSPS) is 17.0. The Morgan fingerprint density at radius 1 is 1.09 bits per heavy atom. The van der Waals surface area contributed by atoms with Gasteiger partial charge in [-0.25, -0.2) is 0 Å². The summed E-state index contributed by atoms with van der Waals surface area (Å²) in [6.07, 6.45) is 0. The molecular formula is C16H24N2O4. The molecule has 1 fully saturated rings. The van der Waals surface area contributed by atoms with Crippen molar-refractivity contribution in [3.63, 3.8) is 0 Å². The van der Waals surface area contributed by atoms with E-state index in [1.54, 1.807) is 33.5 Å². The molecule has 0 aliphatic carbocycles. The standard InChI is InChI=1S/C16H24N2O4/c1-16(2)10-18(7-6-17-16)15(19)11-8-13(21-4)14(22-5)9-12(11)20-3/h8-9,17H,6-7,10H2,1-5H3. The van der Waals surface area contributed by atoms with Crippen LogP contribution < -0.4 is 19.5 Å². The van der Waals surface area contributed by atoms with Crippen LogP contribution >= 0.6 is 0 Å². The molecule has 1 saturated heterocycles. The van der Waals surface area contributed by atoms with Crippen molar-refractivity contribution >= 4 is 5.91 Å². The zero-order valence-electron chi connectivity index (χ0n) is 13.9. The monoisotopic (exact) mass is 308 g/mol. The molecule has 1 amide bonds. The van der Waals surface area contributed by atoms with Crippen LogP contribution in [0.25, 0.3) is 0 Å². The van der Waals surface area contributed by atoms with Crippen LogP contribution in [0.1, 0.15) is 24.2 Å². The number of rotatable bonds is 4. The topological polar surface area (TPSA) is 60.0 Å². The van der Waals surface area contributed by atoms with Crippen LogP contribution in [0.15, 0.2) is 12.1 Å². The van der Waals surface area contributed by atoms with E-state index in [2.05, 4.69) is 19.2 Å².